The van der Waals surface area contributed by atoms with E-state index in [2.05, 4.69) is 10.3 Å². The summed E-state index contributed by atoms with van der Waals surface area (Å²) in [6.07, 6.45) is 4.08. The zero-order valence-electron chi connectivity index (χ0n) is 10.5. The molecule has 1 aliphatic carbocycles. The van der Waals surface area contributed by atoms with Gasteiger partial charge in [0.15, 0.2) is 11.6 Å². The second kappa shape index (κ2) is 5.94. The number of amides is 1. The smallest absolute Gasteiger partial charge is 0.276 e. The lowest BCUT2D eigenvalue weighted by Gasteiger charge is -2.20. The quantitative estimate of drug-likeness (QED) is 0.567. The monoisotopic (exact) mass is 269 g/mol. The van der Waals surface area contributed by atoms with Crippen molar-refractivity contribution in [1.29, 1.82) is 0 Å². The number of nitrogens with one attached hydrogen (secondary N) is 2. The van der Waals surface area contributed by atoms with E-state index in [1.54, 1.807) is 7.11 Å². The second-order valence-electron chi connectivity index (χ2n) is 4.45. The summed E-state index contributed by atoms with van der Waals surface area (Å²) in [6.45, 7) is 0. The summed E-state index contributed by atoms with van der Waals surface area (Å²) in [6, 6.07) is 1.04. The Morgan fingerprint density at radius 2 is 2.37 bits per heavy atom. The van der Waals surface area contributed by atoms with Gasteiger partial charge in [-0.2, -0.15) is 0 Å². The van der Waals surface area contributed by atoms with Crippen LogP contribution < -0.4 is 10.8 Å². The van der Waals surface area contributed by atoms with Gasteiger partial charge in [0.25, 0.3) is 5.91 Å². The molecule has 0 bridgehead atoms. The van der Waals surface area contributed by atoms with Gasteiger partial charge in [0.05, 0.1) is 17.7 Å². The van der Waals surface area contributed by atoms with Crippen molar-refractivity contribution in [2.45, 2.75) is 31.4 Å². The van der Waals surface area contributed by atoms with E-state index in [9.17, 15) is 9.18 Å². The van der Waals surface area contributed by atoms with Crippen molar-refractivity contribution in [2.75, 3.05) is 12.4 Å². The molecule has 2 rings (SSSR count). The molecule has 1 unspecified atom stereocenters. The van der Waals surface area contributed by atoms with Gasteiger partial charge in [0.2, 0.25) is 0 Å². The highest BCUT2D eigenvalue weighted by Gasteiger charge is 2.28. The van der Waals surface area contributed by atoms with Gasteiger partial charge in [-0.25, -0.2) is 14.9 Å². The minimum Gasteiger partial charge on any atom is -0.379 e. The SMILES string of the molecule is CO[C@H]1CCCC1Nc1ncc(C(=O)NO)cc1F. The molecular weight excluding hydrogens is 253 g/mol. The number of methoxy groups -OCH3 is 1. The van der Waals surface area contributed by atoms with E-state index in [-0.39, 0.29) is 23.5 Å². The van der Waals surface area contributed by atoms with Crippen molar-refractivity contribution in [3.8, 4) is 0 Å². The number of ether oxygens (including phenoxy) is 1. The third kappa shape index (κ3) is 2.99. The number of hydroxylamine groups is 1. The number of hydrogen-bond donors (Lipinski definition) is 3. The molecule has 1 saturated carbocycles. The number of hydrogen-bond acceptors (Lipinski definition) is 5. The fourth-order valence-electron chi connectivity index (χ4n) is 2.28. The molecule has 0 saturated heterocycles. The predicted octanol–water partition coefficient (Wildman–Crippen LogP) is 1.32. The summed E-state index contributed by atoms with van der Waals surface area (Å²) < 4.78 is 19.1. The topological polar surface area (TPSA) is 83.5 Å². The first-order valence-corrected chi connectivity index (χ1v) is 6.05. The number of carbonyl (C=O) groups excluding carboxylic acids is 1. The maximum Gasteiger partial charge on any atom is 0.276 e. The summed E-state index contributed by atoms with van der Waals surface area (Å²) in [5.74, 6) is -1.35. The van der Waals surface area contributed by atoms with Crippen LogP contribution in [0.2, 0.25) is 0 Å². The molecule has 0 aromatic carbocycles. The van der Waals surface area contributed by atoms with Crippen LogP contribution in [0.25, 0.3) is 0 Å². The van der Waals surface area contributed by atoms with E-state index >= 15 is 0 Å². The van der Waals surface area contributed by atoms with Gasteiger partial charge in [-0.15, -0.1) is 0 Å². The van der Waals surface area contributed by atoms with Gasteiger partial charge in [-0.05, 0) is 25.3 Å². The van der Waals surface area contributed by atoms with E-state index in [0.29, 0.717) is 0 Å². The van der Waals surface area contributed by atoms with Crippen molar-refractivity contribution < 1.29 is 19.1 Å². The molecule has 19 heavy (non-hydrogen) atoms. The fourth-order valence-corrected chi connectivity index (χ4v) is 2.28. The Balaban J connectivity index is 2.11. The molecule has 7 heteroatoms. The Morgan fingerprint density at radius 3 is 3.00 bits per heavy atom. The number of aromatic nitrogens is 1. The maximum atomic E-state index is 13.8. The molecule has 0 aliphatic heterocycles. The molecule has 3 N–H and O–H groups in total. The minimum atomic E-state index is -0.798. The van der Waals surface area contributed by atoms with Crippen molar-refractivity contribution in [2.24, 2.45) is 0 Å². The van der Waals surface area contributed by atoms with Gasteiger partial charge < -0.3 is 10.1 Å². The van der Waals surface area contributed by atoms with Crippen LogP contribution in [-0.4, -0.2) is 35.4 Å². The van der Waals surface area contributed by atoms with Crippen molar-refractivity contribution in [3.63, 3.8) is 0 Å². The molecule has 0 spiro atoms. The summed E-state index contributed by atoms with van der Waals surface area (Å²) in [5.41, 5.74) is 1.39. The summed E-state index contributed by atoms with van der Waals surface area (Å²) >= 11 is 0. The average Bonchev–Trinajstić information content (AvgIpc) is 2.87. The first-order valence-electron chi connectivity index (χ1n) is 6.05. The largest absolute Gasteiger partial charge is 0.379 e. The van der Waals surface area contributed by atoms with Gasteiger partial charge in [0, 0.05) is 13.3 Å². The van der Waals surface area contributed by atoms with E-state index in [4.69, 9.17) is 9.94 Å². The Labute approximate surface area is 109 Å². The first-order chi connectivity index (χ1) is 9.15. The molecule has 1 heterocycles. The highest BCUT2D eigenvalue weighted by molar-refractivity contribution is 5.93. The van der Waals surface area contributed by atoms with Crippen molar-refractivity contribution in [3.05, 3.63) is 23.6 Å². The van der Waals surface area contributed by atoms with Crippen LogP contribution >= 0.6 is 0 Å². The zero-order chi connectivity index (χ0) is 13.8. The second-order valence-corrected chi connectivity index (χ2v) is 4.45. The Hall–Kier alpha value is -1.73. The van der Waals surface area contributed by atoms with Gasteiger partial charge in [-0.1, -0.05) is 0 Å². The first kappa shape index (κ1) is 13.7. The third-order valence-corrected chi connectivity index (χ3v) is 3.28. The zero-order valence-corrected chi connectivity index (χ0v) is 10.5. The molecule has 104 valence electrons. The van der Waals surface area contributed by atoms with E-state index in [1.807, 2.05) is 0 Å². The van der Waals surface area contributed by atoms with E-state index in [1.165, 1.54) is 11.7 Å². The summed E-state index contributed by atoms with van der Waals surface area (Å²) in [4.78, 5) is 15.0. The summed E-state index contributed by atoms with van der Waals surface area (Å²) in [5, 5.41) is 11.5. The average molecular weight is 269 g/mol. The number of rotatable bonds is 4. The van der Waals surface area contributed by atoms with Gasteiger partial charge in [-0.3, -0.25) is 10.0 Å². The van der Waals surface area contributed by atoms with Gasteiger partial charge in [0.1, 0.15) is 0 Å². The van der Waals surface area contributed by atoms with E-state index in [0.717, 1.165) is 25.3 Å². The number of pyridine rings is 1. The molecule has 1 amide bonds. The van der Waals surface area contributed by atoms with Crippen LogP contribution in [0.3, 0.4) is 0 Å². The molecule has 1 fully saturated rings. The maximum absolute atomic E-state index is 13.8. The minimum absolute atomic E-state index is 0.0181. The van der Waals surface area contributed by atoms with Crippen molar-refractivity contribution >= 4 is 11.7 Å². The molecule has 0 radical (unpaired) electrons. The van der Waals surface area contributed by atoms with Crippen LogP contribution in [0.4, 0.5) is 10.2 Å². The standard InChI is InChI=1S/C12H16FN3O3/c1-19-10-4-2-3-9(10)15-11-8(13)5-7(6-14-11)12(17)16-18/h5-6,9-10,18H,2-4H2,1H3,(H,14,15)(H,16,17)/t9?,10-/m0/s1. The number of nitrogens with zero attached hydrogens (tertiary/aromatic N) is 1. The molecule has 2 atom stereocenters. The van der Waals surface area contributed by atoms with Crippen LogP contribution in [0, 0.1) is 5.82 Å². The van der Waals surface area contributed by atoms with Gasteiger partial charge >= 0.3 is 0 Å². The Kier molecular flexibility index (Phi) is 4.28. The number of anilines is 1. The third-order valence-electron chi connectivity index (χ3n) is 3.28. The number of carbonyl (C=O) groups is 1. The molecule has 1 aliphatic rings. The lowest BCUT2D eigenvalue weighted by Crippen LogP contribution is -2.30. The predicted molar refractivity (Wildman–Crippen MR) is 65.5 cm³/mol. The van der Waals surface area contributed by atoms with Crippen molar-refractivity contribution in [1.82, 2.24) is 10.5 Å². The van der Waals surface area contributed by atoms with Crippen LogP contribution in [0.5, 0.6) is 0 Å². The molecule has 1 aromatic heterocycles. The lowest BCUT2D eigenvalue weighted by molar-refractivity contribution is 0.0705. The summed E-state index contributed by atoms with van der Waals surface area (Å²) in [7, 11) is 1.63. The van der Waals surface area contributed by atoms with Crippen LogP contribution in [0.15, 0.2) is 12.3 Å². The fraction of sp³-hybridized carbons (Fsp3) is 0.500. The van der Waals surface area contributed by atoms with E-state index < -0.39 is 11.7 Å². The van der Waals surface area contributed by atoms with Crippen LogP contribution in [0.1, 0.15) is 29.6 Å². The van der Waals surface area contributed by atoms with Crippen LogP contribution in [-0.2, 0) is 4.74 Å². The normalized spacial score (nSPS) is 22.3. The highest BCUT2D eigenvalue weighted by Crippen LogP contribution is 2.25. The lowest BCUT2D eigenvalue weighted by atomic mass is 10.2. The molecule has 1 aromatic rings. The Morgan fingerprint density at radius 1 is 1.58 bits per heavy atom. The highest BCUT2D eigenvalue weighted by atomic mass is 19.1. The molecule has 6 nitrogen and oxygen atoms in total. The molecular formula is C12H16FN3O3. The number of halogens is 1. The Bertz CT molecular complexity index is 470.